The number of ether oxygens (including phenoxy) is 2. The topological polar surface area (TPSA) is 77.5 Å². The normalized spacial score (nSPS) is 11.5. The largest absolute Gasteiger partial charge is 0.493 e. The van der Waals surface area contributed by atoms with Crippen molar-refractivity contribution in [2.24, 2.45) is 0 Å². The first-order valence-corrected chi connectivity index (χ1v) is 8.52. The number of ketones is 1. The van der Waals surface area contributed by atoms with Gasteiger partial charge in [0.15, 0.2) is 17.3 Å². The van der Waals surface area contributed by atoms with E-state index in [0.29, 0.717) is 36.5 Å². The second kappa shape index (κ2) is 9.56. The number of aromatic nitrogens is 1. The maximum absolute atomic E-state index is 12.0. The Bertz CT molecular complexity index is 747. The SMILES string of the molecule is COc1cc(C(C)=O)ccc1OCCCC(=O)N[C@@H](C)c1cccnc1. The molecular formula is C20H24N2O4. The highest BCUT2D eigenvalue weighted by atomic mass is 16.5. The summed E-state index contributed by atoms with van der Waals surface area (Å²) in [6.07, 6.45) is 4.37. The number of nitrogens with one attached hydrogen (secondary N) is 1. The van der Waals surface area contributed by atoms with Crippen molar-refractivity contribution in [1.29, 1.82) is 0 Å². The van der Waals surface area contributed by atoms with Crippen LogP contribution in [-0.2, 0) is 4.79 Å². The molecule has 0 fully saturated rings. The van der Waals surface area contributed by atoms with Crippen molar-refractivity contribution in [3.05, 3.63) is 53.9 Å². The van der Waals surface area contributed by atoms with Gasteiger partial charge in [-0.25, -0.2) is 0 Å². The molecule has 0 bridgehead atoms. The molecule has 0 radical (unpaired) electrons. The third kappa shape index (κ3) is 5.58. The van der Waals surface area contributed by atoms with Crippen molar-refractivity contribution in [3.8, 4) is 11.5 Å². The minimum Gasteiger partial charge on any atom is -0.493 e. The van der Waals surface area contributed by atoms with Crippen LogP contribution in [0.1, 0.15) is 48.7 Å². The first-order valence-electron chi connectivity index (χ1n) is 8.52. The molecule has 0 saturated carbocycles. The molecule has 0 unspecified atom stereocenters. The molecule has 138 valence electrons. The van der Waals surface area contributed by atoms with E-state index >= 15 is 0 Å². The summed E-state index contributed by atoms with van der Waals surface area (Å²) in [5.41, 5.74) is 1.53. The van der Waals surface area contributed by atoms with Gasteiger partial charge < -0.3 is 14.8 Å². The lowest BCUT2D eigenvalue weighted by atomic mass is 10.1. The van der Waals surface area contributed by atoms with E-state index < -0.39 is 0 Å². The van der Waals surface area contributed by atoms with Gasteiger partial charge in [-0.3, -0.25) is 14.6 Å². The van der Waals surface area contributed by atoms with Crippen LogP contribution in [0.2, 0.25) is 0 Å². The molecule has 1 N–H and O–H groups in total. The smallest absolute Gasteiger partial charge is 0.220 e. The Morgan fingerprint density at radius 3 is 2.69 bits per heavy atom. The van der Waals surface area contributed by atoms with Crippen LogP contribution in [-0.4, -0.2) is 30.4 Å². The fraction of sp³-hybridized carbons (Fsp3) is 0.350. The van der Waals surface area contributed by atoms with Crippen molar-refractivity contribution < 1.29 is 19.1 Å². The van der Waals surface area contributed by atoms with Crippen LogP contribution in [0.3, 0.4) is 0 Å². The molecule has 0 aliphatic carbocycles. The lowest BCUT2D eigenvalue weighted by Crippen LogP contribution is -2.26. The Labute approximate surface area is 153 Å². The van der Waals surface area contributed by atoms with E-state index in [-0.39, 0.29) is 17.7 Å². The molecule has 1 aromatic carbocycles. The minimum atomic E-state index is -0.0867. The third-order valence-corrected chi connectivity index (χ3v) is 3.94. The fourth-order valence-corrected chi connectivity index (χ4v) is 2.45. The number of Topliss-reactive ketones (excluding diaryl/α,β-unsaturated/α-hetero) is 1. The van der Waals surface area contributed by atoms with Gasteiger partial charge in [0.1, 0.15) is 0 Å². The summed E-state index contributed by atoms with van der Waals surface area (Å²) in [5, 5.41) is 2.94. The summed E-state index contributed by atoms with van der Waals surface area (Å²) >= 11 is 0. The van der Waals surface area contributed by atoms with Gasteiger partial charge in [-0.2, -0.15) is 0 Å². The zero-order valence-corrected chi connectivity index (χ0v) is 15.3. The van der Waals surface area contributed by atoms with Crippen molar-refractivity contribution in [2.45, 2.75) is 32.7 Å². The predicted molar refractivity (Wildman–Crippen MR) is 98.5 cm³/mol. The standard InChI is InChI=1S/C20H24N2O4/c1-14(17-6-4-10-21-13-17)22-20(24)7-5-11-26-18-9-8-16(15(2)23)12-19(18)25-3/h4,6,8-10,12-14H,5,7,11H2,1-3H3,(H,22,24)/t14-/m0/s1. The number of benzene rings is 1. The van der Waals surface area contributed by atoms with E-state index in [1.807, 2.05) is 19.1 Å². The lowest BCUT2D eigenvalue weighted by Gasteiger charge is -2.14. The summed E-state index contributed by atoms with van der Waals surface area (Å²) in [4.78, 5) is 27.5. The average Bonchev–Trinajstić information content (AvgIpc) is 2.65. The van der Waals surface area contributed by atoms with Gasteiger partial charge in [0.05, 0.1) is 19.8 Å². The zero-order valence-electron chi connectivity index (χ0n) is 15.3. The number of carbonyl (C=O) groups excluding carboxylic acids is 2. The Morgan fingerprint density at radius 1 is 1.23 bits per heavy atom. The number of hydrogen-bond acceptors (Lipinski definition) is 5. The highest BCUT2D eigenvalue weighted by Gasteiger charge is 2.11. The fourth-order valence-electron chi connectivity index (χ4n) is 2.45. The maximum atomic E-state index is 12.0. The Kier molecular flexibility index (Phi) is 7.14. The van der Waals surface area contributed by atoms with Gasteiger partial charge in [-0.1, -0.05) is 6.07 Å². The van der Waals surface area contributed by atoms with Gasteiger partial charge in [-0.05, 0) is 50.1 Å². The van der Waals surface area contributed by atoms with Gasteiger partial charge in [-0.15, -0.1) is 0 Å². The number of pyridine rings is 1. The Morgan fingerprint density at radius 2 is 2.04 bits per heavy atom. The summed E-state index contributed by atoms with van der Waals surface area (Å²) in [7, 11) is 1.53. The summed E-state index contributed by atoms with van der Waals surface area (Å²) in [5.74, 6) is 0.993. The molecule has 0 aliphatic rings. The van der Waals surface area contributed by atoms with Crippen LogP contribution in [0.15, 0.2) is 42.7 Å². The van der Waals surface area contributed by atoms with E-state index in [2.05, 4.69) is 10.3 Å². The molecule has 0 spiro atoms. The molecule has 26 heavy (non-hydrogen) atoms. The number of rotatable bonds is 9. The quantitative estimate of drug-likeness (QED) is 0.551. The van der Waals surface area contributed by atoms with Gasteiger partial charge in [0.2, 0.25) is 5.91 Å². The first-order chi connectivity index (χ1) is 12.5. The number of carbonyl (C=O) groups is 2. The summed E-state index contributed by atoms with van der Waals surface area (Å²) < 4.78 is 10.9. The molecule has 6 nitrogen and oxygen atoms in total. The Hall–Kier alpha value is -2.89. The molecule has 1 atom stereocenters. The van der Waals surface area contributed by atoms with Crippen molar-refractivity contribution in [3.63, 3.8) is 0 Å². The molecule has 1 aromatic heterocycles. The first kappa shape index (κ1) is 19.4. The van der Waals surface area contributed by atoms with E-state index in [9.17, 15) is 9.59 Å². The second-order valence-electron chi connectivity index (χ2n) is 5.95. The lowest BCUT2D eigenvalue weighted by molar-refractivity contribution is -0.121. The minimum absolute atomic E-state index is 0.0331. The van der Waals surface area contributed by atoms with Gasteiger partial charge >= 0.3 is 0 Å². The highest BCUT2D eigenvalue weighted by Crippen LogP contribution is 2.28. The number of methoxy groups -OCH3 is 1. The zero-order chi connectivity index (χ0) is 18.9. The van der Waals surface area contributed by atoms with Gasteiger partial charge in [0, 0.05) is 24.4 Å². The highest BCUT2D eigenvalue weighted by molar-refractivity contribution is 5.94. The monoisotopic (exact) mass is 356 g/mol. The molecule has 0 saturated heterocycles. The average molecular weight is 356 g/mol. The third-order valence-electron chi connectivity index (χ3n) is 3.94. The molecule has 2 aromatic rings. The predicted octanol–water partition coefficient (Wildman–Crippen LogP) is 3.33. The summed E-state index contributed by atoms with van der Waals surface area (Å²) in [6.45, 7) is 3.80. The van der Waals surface area contributed by atoms with E-state index in [1.165, 1.54) is 14.0 Å². The number of hydrogen-bond donors (Lipinski definition) is 1. The Balaban J connectivity index is 1.78. The van der Waals surface area contributed by atoms with E-state index in [1.54, 1.807) is 30.6 Å². The second-order valence-corrected chi connectivity index (χ2v) is 5.95. The molecule has 0 aliphatic heterocycles. The van der Waals surface area contributed by atoms with Crippen LogP contribution in [0.4, 0.5) is 0 Å². The van der Waals surface area contributed by atoms with Crippen LogP contribution in [0.5, 0.6) is 11.5 Å². The van der Waals surface area contributed by atoms with E-state index in [4.69, 9.17) is 9.47 Å². The maximum Gasteiger partial charge on any atom is 0.220 e. The number of amides is 1. The molecule has 1 amide bonds. The van der Waals surface area contributed by atoms with Crippen LogP contribution in [0, 0.1) is 0 Å². The summed E-state index contributed by atoms with van der Waals surface area (Å²) in [6, 6.07) is 8.74. The van der Waals surface area contributed by atoms with Crippen LogP contribution >= 0.6 is 0 Å². The molecule has 1 heterocycles. The van der Waals surface area contributed by atoms with Crippen molar-refractivity contribution >= 4 is 11.7 Å². The van der Waals surface area contributed by atoms with Crippen LogP contribution in [0.25, 0.3) is 0 Å². The van der Waals surface area contributed by atoms with Gasteiger partial charge in [0.25, 0.3) is 0 Å². The van der Waals surface area contributed by atoms with Crippen LogP contribution < -0.4 is 14.8 Å². The molecule has 2 rings (SSSR count). The van der Waals surface area contributed by atoms with Crippen molar-refractivity contribution in [1.82, 2.24) is 10.3 Å². The molecular weight excluding hydrogens is 332 g/mol. The molecule has 6 heteroatoms. The van der Waals surface area contributed by atoms with Crippen molar-refractivity contribution in [2.75, 3.05) is 13.7 Å². The van der Waals surface area contributed by atoms with E-state index in [0.717, 1.165) is 5.56 Å². The number of nitrogens with zero attached hydrogens (tertiary/aromatic N) is 1.